The van der Waals surface area contributed by atoms with Gasteiger partial charge in [0, 0.05) is 41.4 Å². The number of hydrogen-bond donors (Lipinski definition) is 1. The lowest BCUT2D eigenvalue weighted by molar-refractivity contribution is -0.384. The largest absolute Gasteiger partial charge is 0.457 e. The molecule has 0 aromatic heterocycles. The standard InChI is InChI=1S/C30H26N2O5/c1-19-27(30(34)37-18-20-9-4-2-5-10-20)28(22-13-8-14-24(15-22)32(35)36)29-25(31-19)16-23(17-26(29)33)21-11-6-3-7-12-21/h2-15,23,28,31H,16-18H2,1H3/t23-,28+/m0/s1. The molecule has 1 aliphatic carbocycles. The van der Waals surface area contributed by atoms with Gasteiger partial charge in [-0.15, -0.1) is 0 Å². The molecule has 2 aliphatic rings. The Bertz CT molecular complexity index is 1430. The maximum atomic E-state index is 13.7. The number of allylic oxidation sites excluding steroid dienone is 3. The molecule has 1 aliphatic heterocycles. The zero-order valence-electron chi connectivity index (χ0n) is 20.3. The fourth-order valence-corrected chi connectivity index (χ4v) is 5.22. The van der Waals surface area contributed by atoms with Crippen molar-refractivity contribution in [3.63, 3.8) is 0 Å². The molecule has 37 heavy (non-hydrogen) atoms. The Labute approximate surface area is 214 Å². The highest BCUT2D eigenvalue weighted by atomic mass is 16.6. The topological polar surface area (TPSA) is 98.5 Å². The number of ketones is 1. The van der Waals surface area contributed by atoms with Crippen molar-refractivity contribution in [2.24, 2.45) is 0 Å². The van der Waals surface area contributed by atoms with E-state index in [0.29, 0.717) is 35.2 Å². The summed E-state index contributed by atoms with van der Waals surface area (Å²) in [7, 11) is 0. The molecule has 186 valence electrons. The second kappa shape index (κ2) is 10.2. The van der Waals surface area contributed by atoms with Gasteiger partial charge in [0.15, 0.2) is 5.78 Å². The minimum absolute atomic E-state index is 0.00471. The van der Waals surface area contributed by atoms with Gasteiger partial charge in [0.1, 0.15) is 6.61 Å². The third-order valence-electron chi connectivity index (χ3n) is 6.95. The first-order valence-corrected chi connectivity index (χ1v) is 12.2. The van der Waals surface area contributed by atoms with E-state index in [1.807, 2.05) is 60.7 Å². The first kappa shape index (κ1) is 24.2. The van der Waals surface area contributed by atoms with Crippen LogP contribution in [0.3, 0.4) is 0 Å². The van der Waals surface area contributed by atoms with Crippen LogP contribution in [0, 0.1) is 10.1 Å². The maximum absolute atomic E-state index is 13.7. The number of nitro groups is 1. The van der Waals surface area contributed by atoms with Gasteiger partial charge in [-0.2, -0.15) is 0 Å². The molecule has 1 heterocycles. The van der Waals surface area contributed by atoms with Gasteiger partial charge in [0.25, 0.3) is 5.69 Å². The quantitative estimate of drug-likeness (QED) is 0.268. The van der Waals surface area contributed by atoms with E-state index in [0.717, 1.165) is 16.8 Å². The van der Waals surface area contributed by atoms with Crippen LogP contribution in [0.2, 0.25) is 0 Å². The van der Waals surface area contributed by atoms with Crippen LogP contribution in [0.4, 0.5) is 5.69 Å². The van der Waals surface area contributed by atoms with Crippen molar-refractivity contribution in [3.8, 4) is 0 Å². The fourth-order valence-electron chi connectivity index (χ4n) is 5.22. The Kier molecular flexibility index (Phi) is 6.68. The molecule has 0 fully saturated rings. The molecule has 0 spiro atoms. The smallest absolute Gasteiger partial charge is 0.337 e. The monoisotopic (exact) mass is 494 g/mol. The second-order valence-electron chi connectivity index (χ2n) is 9.34. The molecular formula is C30H26N2O5. The highest BCUT2D eigenvalue weighted by Gasteiger charge is 2.41. The molecular weight excluding hydrogens is 468 g/mol. The van der Waals surface area contributed by atoms with Crippen LogP contribution >= 0.6 is 0 Å². The van der Waals surface area contributed by atoms with E-state index >= 15 is 0 Å². The molecule has 1 N–H and O–H groups in total. The van der Waals surface area contributed by atoms with Crippen molar-refractivity contribution in [3.05, 3.63) is 134 Å². The van der Waals surface area contributed by atoms with Gasteiger partial charge in [-0.3, -0.25) is 14.9 Å². The van der Waals surface area contributed by atoms with E-state index in [9.17, 15) is 19.7 Å². The molecule has 5 rings (SSSR count). The molecule has 0 amide bonds. The highest BCUT2D eigenvalue weighted by Crippen LogP contribution is 2.46. The normalized spacial score (nSPS) is 19.2. The number of nitro benzene ring substituents is 1. The number of hydrogen-bond acceptors (Lipinski definition) is 6. The number of carbonyl (C=O) groups excluding carboxylic acids is 2. The zero-order chi connectivity index (χ0) is 25.9. The highest BCUT2D eigenvalue weighted by molar-refractivity contribution is 6.04. The zero-order valence-corrected chi connectivity index (χ0v) is 20.3. The number of benzene rings is 3. The summed E-state index contributed by atoms with van der Waals surface area (Å²) in [5, 5.41) is 14.9. The van der Waals surface area contributed by atoms with Gasteiger partial charge < -0.3 is 10.1 Å². The molecule has 0 bridgehead atoms. The number of rotatable bonds is 6. The Morgan fingerprint density at radius 2 is 1.65 bits per heavy atom. The summed E-state index contributed by atoms with van der Waals surface area (Å²) in [6.45, 7) is 1.86. The lowest BCUT2D eigenvalue weighted by Crippen LogP contribution is -2.36. The first-order valence-electron chi connectivity index (χ1n) is 12.2. The molecule has 7 nitrogen and oxygen atoms in total. The molecule has 7 heteroatoms. The molecule has 3 aromatic rings. The number of dihydropyridines is 1. The van der Waals surface area contributed by atoms with Gasteiger partial charge in [-0.05, 0) is 36.0 Å². The lowest BCUT2D eigenvalue weighted by atomic mass is 9.71. The van der Waals surface area contributed by atoms with Crippen molar-refractivity contribution in [1.82, 2.24) is 5.32 Å². The van der Waals surface area contributed by atoms with Gasteiger partial charge in [-0.25, -0.2) is 4.79 Å². The number of ether oxygens (including phenoxy) is 1. The maximum Gasteiger partial charge on any atom is 0.337 e. The van der Waals surface area contributed by atoms with Crippen LogP contribution < -0.4 is 5.32 Å². The second-order valence-corrected chi connectivity index (χ2v) is 9.34. The number of nitrogens with zero attached hydrogens (tertiary/aromatic N) is 1. The molecule has 3 aromatic carbocycles. The summed E-state index contributed by atoms with van der Waals surface area (Å²) >= 11 is 0. The Hall–Kier alpha value is -4.52. The fraction of sp³-hybridized carbons (Fsp3) is 0.200. The summed E-state index contributed by atoms with van der Waals surface area (Å²) in [4.78, 5) is 38.2. The van der Waals surface area contributed by atoms with E-state index in [1.54, 1.807) is 19.1 Å². The predicted molar refractivity (Wildman–Crippen MR) is 138 cm³/mol. The number of carbonyl (C=O) groups is 2. The van der Waals surface area contributed by atoms with E-state index < -0.39 is 16.8 Å². The Balaban J connectivity index is 1.55. The Morgan fingerprint density at radius 1 is 0.973 bits per heavy atom. The van der Waals surface area contributed by atoms with E-state index in [1.165, 1.54) is 12.1 Å². The van der Waals surface area contributed by atoms with Crippen molar-refractivity contribution >= 4 is 17.4 Å². The number of esters is 1. The van der Waals surface area contributed by atoms with Crippen LogP contribution in [0.15, 0.2) is 107 Å². The summed E-state index contributed by atoms with van der Waals surface area (Å²) in [5.74, 6) is -1.40. The van der Waals surface area contributed by atoms with E-state index in [2.05, 4.69) is 5.32 Å². The third kappa shape index (κ3) is 4.93. The van der Waals surface area contributed by atoms with Crippen LogP contribution in [0.25, 0.3) is 0 Å². The van der Waals surface area contributed by atoms with Gasteiger partial charge >= 0.3 is 5.97 Å². The average molecular weight is 495 g/mol. The van der Waals surface area contributed by atoms with Crippen molar-refractivity contribution in [2.75, 3.05) is 0 Å². The van der Waals surface area contributed by atoms with E-state index in [-0.39, 0.29) is 24.0 Å². The van der Waals surface area contributed by atoms with E-state index in [4.69, 9.17) is 4.74 Å². The average Bonchev–Trinajstić information content (AvgIpc) is 2.92. The predicted octanol–water partition coefficient (Wildman–Crippen LogP) is 5.70. The molecule has 0 saturated heterocycles. The number of nitrogens with one attached hydrogen (secondary N) is 1. The number of non-ortho nitro benzene ring substituents is 1. The molecule has 0 saturated carbocycles. The summed E-state index contributed by atoms with van der Waals surface area (Å²) in [6, 6.07) is 25.4. The van der Waals surface area contributed by atoms with Crippen LogP contribution in [0.1, 0.15) is 48.3 Å². The van der Waals surface area contributed by atoms with Gasteiger partial charge in [-0.1, -0.05) is 72.8 Å². The number of Topliss-reactive ketones (excluding diaryl/α,β-unsaturated/α-hetero) is 1. The first-order chi connectivity index (χ1) is 17.9. The molecule has 0 radical (unpaired) electrons. The minimum Gasteiger partial charge on any atom is -0.457 e. The summed E-state index contributed by atoms with van der Waals surface area (Å²) in [6.07, 6.45) is 0.890. The summed E-state index contributed by atoms with van der Waals surface area (Å²) < 4.78 is 5.67. The van der Waals surface area contributed by atoms with Crippen LogP contribution in [0.5, 0.6) is 0 Å². The van der Waals surface area contributed by atoms with Crippen LogP contribution in [-0.2, 0) is 20.9 Å². The molecule has 0 unspecified atom stereocenters. The van der Waals surface area contributed by atoms with Gasteiger partial charge in [0.2, 0.25) is 0 Å². The SMILES string of the molecule is CC1=C(C(=O)OCc2ccccc2)[C@@H](c2cccc([N+](=O)[O-])c2)C2=C(C[C@H](c3ccccc3)CC2=O)N1. The van der Waals surface area contributed by atoms with Crippen molar-refractivity contribution in [2.45, 2.75) is 38.2 Å². The van der Waals surface area contributed by atoms with Gasteiger partial charge in [0.05, 0.1) is 10.5 Å². The Morgan fingerprint density at radius 3 is 2.35 bits per heavy atom. The summed E-state index contributed by atoms with van der Waals surface area (Å²) in [5.41, 5.74) is 4.43. The van der Waals surface area contributed by atoms with Crippen molar-refractivity contribution in [1.29, 1.82) is 0 Å². The minimum atomic E-state index is -0.761. The molecule has 2 atom stereocenters. The van der Waals surface area contributed by atoms with Crippen molar-refractivity contribution < 1.29 is 19.2 Å². The lowest BCUT2D eigenvalue weighted by Gasteiger charge is -2.36. The van der Waals surface area contributed by atoms with Crippen LogP contribution in [-0.4, -0.2) is 16.7 Å². The third-order valence-corrected chi connectivity index (χ3v) is 6.95.